The van der Waals surface area contributed by atoms with Crippen LogP contribution in [0, 0.1) is 0 Å². The predicted molar refractivity (Wildman–Crippen MR) is 126 cm³/mol. The average Bonchev–Trinajstić information content (AvgIpc) is 2.69. The molecule has 154 valence electrons. The van der Waals surface area contributed by atoms with Gasteiger partial charge in [-0.15, -0.1) is 0 Å². The van der Waals surface area contributed by atoms with Crippen molar-refractivity contribution in [2.24, 2.45) is 0 Å². The van der Waals surface area contributed by atoms with Gasteiger partial charge in [0.05, 0.1) is 12.6 Å². The molecule has 0 aliphatic rings. The number of para-hydroxylation sites is 2. The number of rotatable bonds is 8. The normalized spacial score (nSPS) is 11.3. The van der Waals surface area contributed by atoms with Crippen molar-refractivity contribution in [2.75, 3.05) is 37.8 Å². The van der Waals surface area contributed by atoms with Crippen LogP contribution in [0.15, 0.2) is 60.7 Å². The molecule has 0 heterocycles. The highest BCUT2D eigenvalue weighted by molar-refractivity contribution is 7.80. The van der Waals surface area contributed by atoms with Crippen molar-refractivity contribution in [2.45, 2.75) is 12.5 Å². The summed E-state index contributed by atoms with van der Waals surface area (Å²) >= 11 is 10.7. The van der Waals surface area contributed by atoms with E-state index in [1.165, 1.54) is 0 Å². The number of nitrogens with one attached hydrogen (secondary N) is 2. The van der Waals surface area contributed by atoms with E-state index >= 15 is 0 Å². The fourth-order valence-electron chi connectivity index (χ4n) is 2.61. The average molecular weight is 431 g/mol. The van der Waals surface area contributed by atoms with Gasteiger partial charge >= 0.3 is 0 Å². The Morgan fingerprint density at radius 3 is 1.83 bits per heavy atom. The predicted octanol–water partition coefficient (Wildman–Crippen LogP) is 2.96. The molecular formula is C21H26N4O2S2. The van der Waals surface area contributed by atoms with E-state index in [-0.39, 0.29) is 25.3 Å². The van der Waals surface area contributed by atoms with Crippen molar-refractivity contribution >= 4 is 51.8 Å². The molecule has 0 bridgehead atoms. The van der Waals surface area contributed by atoms with Crippen LogP contribution in [-0.2, 0) is 4.79 Å². The highest BCUT2D eigenvalue weighted by Gasteiger charge is 2.17. The first-order valence-electron chi connectivity index (χ1n) is 9.19. The Morgan fingerprint density at radius 2 is 1.34 bits per heavy atom. The van der Waals surface area contributed by atoms with Gasteiger partial charge in [-0.2, -0.15) is 0 Å². The van der Waals surface area contributed by atoms with E-state index in [4.69, 9.17) is 24.4 Å². The summed E-state index contributed by atoms with van der Waals surface area (Å²) in [6.07, 6.45) is -0.802. The van der Waals surface area contributed by atoms with Gasteiger partial charge in [0.15, 0.2) is 16.0 Å². The Morgan fingerprint density at radius 1 is 0.897 bits per heavy atom. The molecule has 0 aliphatic carbocycles. The number of carbonyl (C=O) groups excluding carboxylic acids is 1. The lowest BCUT2D eigenvalue weighted by atomic mass is 10.1. The van der Waals surface area contributed by atoms with Gasteiger partial charge in [-0.3, -0.25) is 4.79 Å². The van der Waals surface area contributed by atoms with Crippen molar-refractivity contribution < 1.29 is 9.90 Å². The minimum absolute atomic E-state index is 0.0244. The number of hydrogen-bond donors (Lipinski definition) is 3. The smallest absolute Gasteiger partial charge is 0.173 e. The van der Waals surface area contributed by atoms with Crippen LogP contribution in [0.2, 0.25) is 0 Å². The van der Waals surface area contributed by atoms with Crippen LogP contribution in [0.5, 0.6) is 0 Å². The van der Waals surface area contributed by atoms with Gasteiger partial charge in [-0.05, 0) is 48.7 Å². The SMILES string of the molecule is CN(CC(=O)C[C@H](O)CN(C)C(=S)Nc1ccccc1)C(=S)Nc1ccccc1. The van der Waals surface area contributed by atoms with Gasteiger partial charge in [-0.1, -0.05) is 36.4 Å². The Labute approximate surface area is 182 Å². The number of aliphatic hydroxyl groups is 1. The summed E-state index contributed by atoms with van der Waals surface area (Å²) in [5, 5.41) is 17.4. The molecule has 3 N–H and O–H groups in total. The Balaban J connectivity index is 1.74. The van der Waals surface area contributed by atoms with Crippen molar-refractivity contribution in [3.05, 3.63) is 60.7 Å². The second-order valence-corrected chi connectivity index (χ2v) is 7.50. The number of aliphatic hydroxyl groups excluding tert-OH is 1. The van der Waals surface area contributed by atoms with Crippen LogP contribution >= 0.6 is 24.4 Å². The van der Waals surface area contributed by atoms with Crippen LogP contribution in [0.3, 0.4) is 0 Å². The quantitative estimate of drug-likeness (QED) is 0.553. The number of Topliss-reactive ketones (excluding diaryl/α,β-unsaturated/α-hetero) is 1. The number of thiocarbonyl (C=S) groups is 2. The van der Waals surface area contributed by atoms with Crippen LogP contribution in [0.4, 0.5) is 11.4 Å². The first kappa shape index (κ1) is 22.7. The molecule has 1 atom stereocenters. The molecule has 0 unspecified atom stereocenters. The zero-order valence-corrected chi connectivity index (χ0v) is 18.2. The van der Waals surface area contributed by atoms with Gasteiger partial charge in [0.25, 0.3) is 0 Å². The first-order valence-corrected chi connectivity index (χ1v) is 10.0. The molecule has 2 aromatic carbocycles. The van der Waals surface area contributed by atoms with E-state index in [9.17, 15) is 9.90 Å². The standard InChI is InChI=1S/C21H26N4O2S2/c1-24(20(28)22-16-9-5-3-6-10-16)14-18(26)13-19(27)15-25(2)21(29)23-17-11-7-4-8-12-17/h3-12,18,26H,13-15H2,1-2H3,(H,22,28)(H,23,29)/t18-/m0/s1. The molecule has 2 rings (SSSR count). The number of nitrogens with zero attached hydrogens (tertiary/aromatic N) is 2. The first-order chi connectivity index (χ1) is 13.8. The lowest BCUT2D eigenvalue weighted by Crippen LogP contribution is -2.40. The van der Waals surface area contributed by atoms with E-state index in [0.717, 1.165) is 11.4 Å². The zero-order chi connectivity index (χ0) is 21.2. The maximum absolute atomic E-state index is 12.3. The van der Waals surface area contributed by atoms with E-state index in [1.807, 2.05) is 60.7 Å². The number of likely N-dealkylation sites (N-methyl/N-ethyl adjacent to an activating group) is 2. The monoisotopic (exact) mass is 430 g/mol. The van der Waals surface area contributed by atoms with Gasteiger partial charge in [0.1, 0.15) is 0 Å². The number of benzene rings is 2. The Hall–Kier alpha value is -2.55. The molecular weight excluding hydrogens is 404 g/mol. The molecule has 0 spiro atoms. The van der Waals surface area contributed by atoms with Crippen molar-refractivity contribution in [1.29, 1.82) is 0 Å². The summed E-state index contributed by atoms with van der Waals surface area (Å²) in [6.45, 7) is 0.368. The second-order valence-electron chi connectivity index (χ2n) is 6.73. The van der Waals surface area contributed by atoms with Crippen molar-refractivity contribution in [3.8, 4) is 0 Å². The third kappa shape index (κ3) is 8.15. The Kier molecular flexibility index (Phi) is 8.98. The van der Waals surface area contributed by atoms with E-state index < -0.39 is 6.10 Å². The largest absolute Gasteiger partial charge is 0.391 e. The molecule has 29 heavy (non-hydrogen) atoms. The lowest BCUT2D eigenvalue weighted by Gasteiger charge is -2.24. The van der Waals surface area contributed by atoms with Crippen LogP contribution in [-0.4, -0.2) is 64.2 Å². The molecule has 0 radical (unpaired) electrons. The van der Waals surface area contributed by atoms with Crippen molar-refractivity contribution in [1.82, 2.24) is 9.80 Å². The number of carbonyl (C=O) groups is 1. The molecule has 0 fully saturated rings. The maximum atomic E-state index is 12.3. The Bertz CT molecular complexity index is 818. The van der Waals surface area contributed by atoms with E-state index in [2.05, 4.69) is 10.6 Å². The zero-order valence-electron chi connectivity index (χ0n) is 16.5. The molecule has 6 nitrogen and oxygen atoms in total. The second kappa shape index (κ2) is 11.5. The summed E-state index contributed by atoms with van der Waals surface area (Å²) in [7, 11) is 3.52. The molecule has 0 aromatic heterocycles. The van der Waals surface area contributed by atoms with Crippen LogP contribution in [0.1, 0.15) is 6.42 Å². The number of ketones is 1. The lowest BCUT2D eigenvalue weighted by molar-refractivity contribution is -0.121. The van der Waals surface area contributed by atoms with Gasteiger partial charge in [-0.25, -0.2) is 0 Å². The van der Waals surface area contributed by atoms with Gasteiger partial charge in [0.2, 0.25) is 0 Å². The maximum Gasteiger partial charge on any atom is 0.173 e. The fourth-order valence-corrected chi connectivity index (χ4v) is 2.98. The molecule has 0 saturated heterocycles. The van der Waals surface area contributed by atoms with E-state index in [0.29, 0.717) is 10.2 Å². The van der Waals surface area contributed by atoms with Gasteiger partial charge in [0, 0.05) is 38.4 Å². The van der Waals surface area contributed by atoms with E-state index in [1.54, 1.807) is 23.9 Å². The minimum atomic E-state index is -0.827. The van der Waals surface area contributed by atoms with Crippen LogP contribution < -0.4 is 10.6 Å². The van der Waals surface area contributed by atoms with Crippen LogP contribution in [0.25, 0.3) is 0 Å². The summed E-state index contributed by atoms with van der Waals surface area (Å²) in [5.41, 5.74) is 1.73. The molecule has 8 heteroatoms. The summed E-state index contributed by atoms with van der Waals surface area (Å²) in [5.74, 6) is -0.104. The summed E-state index contributed by atoms with van der Waals surface area (Å²) in [4.78, 5) is 15.7. The number of hydrogen-bond acceptors (Lipinski definition) is 4. The topological polar surface area (TPSA) is 67.8 Å². The summed E-state index contributed by atoms with van der Waals surface area (Å²) in [6, 6.07) is 19.1. The fraction of sp³-hybridized carbons (Fsp3) is 0.286. The molecule has 0 amide bonds. The van der Waals surface area contributed by atoms with Crippen molar-refractivity contribution in [3.63, 3.8) is 0 Å². The third-order valence-electron chi connectivity index (χ3n) is 4.10. The summed E-state index contributed by atoms with van der Waals surface area (Å²) < 4.78 is 0. The molecule has 2 aromatic rings. The molecule has 0 saturated carbocycles. The third-order valence-corrected chi connectivity index (χ3v) is 4.93. The number of anilines is 2. The minimum Gasteiger partial charge on any atom is -0.391 e. The highest BCUT2D eigenvalue weighted by Crippen LogP contribution is 2.08. The van der Waals surface area contributed by atoms with Gasteiger partial charge < -0.3 is 25.5 Å². The highest BCUT2D eigenvalue weighted by atomic mass is 32.1. The molecule has 0 aliphatic heterocycles.